The Bertz CT molecular complexity index is 819. The SMILES string of the molecule is COC(=O)CN(c1cccc(OC)c1)S(=O)(=O)c1ccc(N)cc1. The molecule has 0 aliphatic carbocycles. The first kappa shape index (κ1) is 17.6. The summed E-state index contributed by atoms with van der Waals surface area (Å²) in [6.07, 6.45) is 0. The van der Waals surface area contributed by atoms with Gasteiger partial charge in [-0.15, -0.1) is 0 Å². The lowest BCUT2D eigenvalue weighted by molar-refractivity contribution is -0.138. The summed E-state index contributed by atoms with van der Waals surface area (Å²) < 4.78 is 36.6. The van der Waals surface area contributed by atoms with E-state index in [0.717, 1.165) is 4.31 Å². The smallest absolute Gasteiger partial charge is 0.326 e. The number of hydrogen-bond acceptors (Lipinski definition) is 6. The summed E-state index contributed by atoms with van der Waals surface area (Å²) in [5, 5.41) is 0. The van der Waals surface area contributed by atoms with Crippen LogP contribution >= 0.6 is 0 Å². The van der Waals surface area contributed by atoms with Crippen molar-refractivity contribution in [3.8, 4) is 5.75 Å². The van der Waals surface area contributed by atoms with Gasteiger partial charge in [0.25, 0.3) is 10.0 Å². The van der Waals surface area contributed by atoms with Crippen LogP contribution in [0, 0.1) is 0 Å². The van der Waals surface area contributed by atoms with E-state index >= 15 is 0 Å². The number of rotatable bonds is 6. The van der Waals surface area contributed by atoms with Gasteiger partial charge < -0.3 is 15.2 Å². The number of nitrogens with zero attached hydrogens (tertiary/aromatic N) is 1. The molecular weight excluding hydrogens is 332 g/mol. The van der Waals surface area contributed by atoms with Gasteiger partial charge in [0, 0.05) is 11.8 Å². The first-order valence-corrected chi connectivity index (χ1v) is 8.41. The topological polar surface area (TPSA) is 98.9 Å². The average molecular weight is 350 g/mol. The lowest BCUT2D eigenvalue weighted by atomic mass is 10.3. The van der Waals surface area contributed by atoms with Crippen molar-refractivity contribution < 1.29 is 22.7 Å². The van der Waals surface area contributed by atoms with E-state index in [1.165, 1.54) is 44.6 Å². The molecule has 0 heterocycles. The van der Waals surface area contributed by atoms with Gasteiger partial charge in [-0.3, -0.25) is 9.10 Å². The minimum Gasteiger partial charge on any atom is -0.497 e. The lowest BCUT2D eigenvalue weighted by Crippen LogP contribution is -2.36. The van der Waals surface area contributed by atoms with Crippen molar-refractivity contribution in [1.82, 2.24) is 0 Å². The Morgan fingerprint density at radius 2 is 1.79 bits per heavy atom. The minimum absolute atomic E-state index is 0.0171. The largest absolute Gasteiger partial charge is 0.497 e. The van der Waals surface area contributed by atoms with Crippen LogP contribution in [-0.4, -0.2) is 35.2 Å². The maximum atomic E-state index is 12.9. The zero-order valence-electron chi connectivity index (χ0n) is 13.3. The molecule has 0 saturated heterocycles. The van der Waals surface area contributed by atoms with Gasteiger partial charge in [0.1, 0.15) is 12.3 Å². The number of ether oxygens (including phenoxy) is 2. The number of nitrogen functional groups attached to an aromatic ring is 1. The molecule has 0 fully saturated rings. The molecule has 128 valence electrons. The molecule has 7 nitrogen and oxygen atoms in total. The third-order valence-corrected chi connectivity index (χ3v) is 5.10. The van der Waals surface area contributed by atoms with Crippen molar-refractivity contribution >= 4 is 27.4 Å². The van der Waals surface area contributed by atoms with Crippen LogP contribution in [0.1, 0.15) is 0 Å². The van der Waals surface area contributed by atoms with E-state index in [2.05, 4.69) is 4.74 Å². The van der Waals surface area contributed by atoms with E-state index in [1.54, 1.807) is 18.2 Å². The number of hydrogen-bond donors (Lipinski definition) is 1. The maximum absolute atomic E-state index is 12.9. The standard InChI is InChI=1S/C16H18N2O5S/c1-22-14-5-3-4-13(10-14)18(11-16(19)23-2)24(20,21)15-8-6-12(17)7-9-15/h3-10H,11,17H2,1-2H3. The van der Waals surface area contributed by atoms with Crippen molar-refractivity contribution in [2.75, 3.05) is 30.8 Å². The Morgan fingerprint density at radius 1 is 1.12 bits per heavy atom. The lowest BCUT2D eigenvalue weighted by Gasteiger charge is -2.23. The highest BCUT2D eigenvalue weighted by molar-refractivity contribution is 7.92. The predicted molar refractivity (Wildman–Crippen MR) is 90.4 cm³/mol. The van der Waals surface area contributed by atoms with Gasteiger partial charge in [0.2, 0.25) is 0 Å². The van der Waals surface area contributed by atoms with Crippen molar-refractivity contribution in [2.24, 2.45) is 0 Å². The van der Waals surface area contributed by atoms with Crippen LogP contribution in [0.4, 0.5) is 11.4 Å². The van der Waals surface area contributed by atoms with Crippen molar-refractivity contribution in [3.63, 3.8) is 0 Å². The maximum Gasteiger partial charge on any atom is 0.326 e. The molecule has 0 aromatic heterocycles. The molecule has 0 atom stereocenters. The molecule has 0 unspecified atom stereocenters. The highest BCUT2D eigenvalue weighted by atomic mass is 32.2. The van der Waals surface area contributed by atoms with E-state index in [4.69, 9.17) is 10.5 Å². The molecule has 2 aromatic rings. The number of esters is 1. The molecular formula is C16H18N2O5S. The normalized spacial score (nSPS) is 10.9. The molecule has 0 aliphatic rings. The number of benzene rings is 2. The first-order valence-electron chi connectivity index (χ1n) is 6.97. The zero-order valence-corrected chi connectivity index (χ0v) is 14.1. The summed E-state index contributed by atoms with van der Waals surface area (Å²) in [5.74, 6) is -0.216. The molecule has 0 bridgehead atoms. The highest BCUT2D eigenvalue weighted by Crippen LogP contribution is 2.27. The van der Waals surface area contributed by atoms with E-state index in [-0.39, 0.29) is 10.6 Å². The van der Waals surface area contributed by atoms with Crippen molar-refractivity contribution in [3.05, 3.63) is 48.5 Å². The highest BCUT2D eigenvalue weighted by Gasteiger charge is 2.27. The number of nitrogens with two attached hydrogens (primary N) is 1. The number of sulfonamides is 1. The van der Waals surface area contributed by atoms with Crippen LogP contribution in [0.15, 0.2) is 53.4 Å². The van der Waals surface area contributed by atoms with Crippen LogP contribution < -0.4 is 14.8 Å². The fourth-order valence-corrected chi connectivity index (χ4v) is 3.43. The second kappa shape index (κ2) is 7.22. The number of methoxy groups -OCH3 is 2. The molecule has 0 amide bonds. The van der Waals surface area contributed by atoms with E-state index in [1.807, 2.05) is 0 Å². The molecule has 2 rings (SSSR count). The first-order chi connectivity index (χ1) is 11.4. The van der Waals surface area contributed by atoms with Gasteiger partial charge in [-0.1, -0.05) is 6.07 Å². The van der Waals surface area contributed by atoms with E-state index < -0.39 is 22.5 Å². The molecule has 2 aromatic carbocycles. The Kier molecular flexibility index (Phi) is 5.30. The quantitative estimate of drug-likeness (QED) is 0.628. The van der Waals surface area contributed by atoms with Gasteiger partial charge in [-0.25, -0.2) is 8.42 Å². The van der Waals surface area contributed by atoms with Crippen LogP contribution in [0.5, 0.6) is 5.75 Å². The fraction of sp³-hybridized carbons (Fsp3) is 0.188. The molecule has 0 aliphatic heterocycles. The van der Waals surface area contributed by atoms with Gasteiger partial charge in [-0.05, 0) is 36.4 Å². The van der Waals surface area contributed by atoms with Gasteiger partial charge >= 0.3 is 5.97 Å². The van der Waals surface area contributed by atoms with Gasteiger partial charge in [0.15, 0.2) is 0 Å². The van der Waals surface area contributed by atoms with Crippen LogP contribution in [0.25, 0.3) is 0 Å². The fourth-order valence-electron chi connectivity index (χ4n) is 2.03. The molecule has 0 saturated carbocycles. The Balaban J connectivity index is 2.52. The summed E-state index contributed by atoms with van der Waals surface area (Å²) in [5.41, 5.74) is 6.33. The third kappa shape index (κ3) is 3.77. The predicted octanol–water partition coefficient (Wildman–Crippen LogP) is 1.65. The molecule has 0 spiro atoms. The van der Waals surface area contributed by atoms with Gasteiger partial charge in [0.05, 0.1) is 24.8 Å². The van der Waals surface area contributed by atoms with Crippen molar-refractivity contribution in [2.45, 2.75) is 4.90 Å². The van der Waals surface area contributed by atoms with Crippen LogP contribution in [0.2, 0.25) is 0 Å². The van der Waals surface area contributed by atoms with Crippen LogP contribution in [0.3, 0.4) is 0 Å². The number of carbonyl (C=O) groups is 1. The second-order valence-corrected chi connectivity index (χ2v) is 6.72. The third-order valence-electron chi connectivity index (χ3n) is 3.31. The Morgan fingerprint density at radius 3 is 2.38 bits per heavy atom. The van der Waals surface area contributed by atoms with E-state index in [0.29, 0.717) is 11.4 Å². The van der Waals surface area contributed by atoms with Gasteiger partial charge in [-0.2, -0.15) is 0 Å². The number of anilines is 2. The van der Waals surface area contributed by atoms with E-state index in [9.17, 15) is 13.2 Å². The van der Waals surface area contributed by atoms with Crippen molar-refractivity contribution in [1.29, 1.82) is 0 Å². The summed E-state index contributed by atoms with van der Waals surface area (Å²) in [6, 6.07) is 12.1. The monoisotopic (exact) mass is 350 g/mol. The number of carbonyl (C=O) groups excluding carboxylic acids is 1. The average Bonchev–Trinajstić information content (AvgIpc) is 2.59. The zero-order chi connectivity index (χ0) is 17.7. The summed E-state index contributed by atoms with van der Waals surface area (Å²) in [7, 11) is -1.31. The minimum atomic E-state index is -3.98. The molecule has 2 N–H and O–H groups in total. The summed E-state index contributed by atoms with van der Waals surface area (Å²) >= 11 is 0. The second-order valence-electron chi connectivity index (χ2n) is 4.86. The Labute approximate surface area is 140 Å². The Hall–Kier alpha value is -2.74. The molecule has 8 heteroatoms. The van der Waals surface area contributed by atoms with Crippen LogP contribution in [-0.2, 0) is 19.6 Å². The summed E-state index contributed by atoms with van der Waals surface area (Å²) in [4.78, 5) is 11.7. The summed E-state index contributed by atoms with van der Waals surface area (Å²) in [6.45, 7) is -0.462. The molecule has 24 heavy (non-hydrogen) atoms. The molecule has 0 radical (unpaired) electrons.